The van der Waals surface area contributed by atoms with Crippen LogP contribution < -0.4 is 35.3 Å². The molecule has 0 amide bonds. The van der Waals surface area contributed by atoms with Gasteiger partial charge in [-0.3, -0.25) is 4.21 Å². The van der Waals surface area contributed by atoms with Gasteiger partial charge in [-0.15, -0.1) is 11.4 Å². The molecule has 0 fully saturated rings. The van der Waals surface area contributed by atoms with Gasteiger partial charge in [0, 0.05) is 5.69 Å². The zero-order valence-corrected chi connectivity index (χ0v) is 9.41. The van der Waals surface area contributed by atoms with Crippen molar-refractivity contribution in [2.75, 3.05) is 5.73 Å². The zero-order chi connectivity index (χ0) is 8.69. The van der Waals surface area contributed by atoms with Crippen LogP contribution in [0.1, 0.15) is 0 Å². The summed E-state index contributed by atoms with van der Waals surface area (Å²) >= 11 is -3.11. The molecule has 0 radical (unpaired) electrons. The van der Waals surface area contributed by atoms with E-state index < -0.39 is 11.4 Å². The second-order valence-corrected chi connectivity index (χ2v) is 2.02. The van der Waals surface area contributed by atoms with Gasteiger partial charge in [-0.2, -0.15) is 0 Å². The summed E-state index contributed by atoms with van der Waals surface area (Å²) < 4.78 is 25.3. The molecule has 0 aliphatic rings. The summed E-state index contributed by atoms with van der Waals surface area (Å²) in [6, 6.07) is 9.49. The fraction of sp³-hybridized carbons (Fsp3) is 0. The van der Waals surface area contributed by atoms with E-state index in [1.54, 1.807) is 0 Å². The van der Waals surface area contributed by atoms with Crippen molar-refractivity contribution in [1.82, 2.24) is 0 Å². The molecular formula is C6H7NNaO3S-. The van der Waals surface area contributed by atoms with Gasteiger partial charge in [0.1, 0.15) is 0 Å². The largest absolute Gasteiger partial charge is 1.00 e. The standard InChI is InChI=1S/C6H7N.Na.H2O3S/c7-6-4-2-1-3-5-6;;1-4(2)3/h1-5H,7H2;;(H2,1,2,3)/q;+1;/p-2. The molecule has 0 aliphatic heterocycles. The molecule has 1 aromatic rings. The molecule has 1 aromatic carbocycles. The second kappa shape index (κ2) is 9.18. The Hall–Kier alpha value is 0.0900. The molecular weight excluding hydrogens is 189 g/mol. The molecule has 0 bridgehead atoms. The van der Waals surface area contributed by atoms with Gasteiger partial charge in [0.25, 0.3) is 0 Å². The second-order valence-electron chi connectivity index (χ2n) is 1.61. The van der Waals surface area contributed by atoms with Crippen LogP contribution in [-0.4, -0.2) is 13.3 Å². The minimum atomic E-state index is -3.11. The summed E-state index contributed by atoms with van der Waals surface area (Å²) in [5.74, 6) is 0. The minimum absolute atomic E-state index is 0. The number of nitrogens with two attached hydrogens (primary N) is 1. The van der Waals surface area contributed by atoms with Gasteiger partial charge in [-0.25, -0.2) is 0 Å². The number of hydrogen-bond donors (Lipinski definition) is 1. The Kier molecular flexibility index (Phi) is 11.2. The Labute approximate surface area is 95.6 Å². The van der Waals surface area contributed by atoms with Crippen LogP contribution in [0, 0.1) is 0 Å². The van der Waals surface area contributed by atoms with Gasteiger partial charge in [0.15, 0.2) is 0 Å². The summed E-state index contributed by atoms with van der Waals surface area (Å²) in [5, 5.41) is 0. The first-order valence-corrected chi connectivity index (χ1v) is 3.70. The van der Waals surface area contributed by atoms with Crippen molar-refractivity contribution in [1.29, 1.82) is 0 Å². The minimum Gasteiger partial charge on any atom is -0.784 e. The number of anilines is 1. The molecule has 12 heavy (non-hydrogen) atoms. The summed E-state index contributed by atoms with van der Waals surface area (Å²) in [7, 11) is 0. The normalized spacial score (nSPS) is 7.92. The molecule has 0 aromatic heterocycles. The maximum atomic E-state index is 8.44. The number of hydrogen-bond acceptors (Lipinski definition) is 4. The first-order valence-electron chi connectivity index (χ1n) is 2.70. The fourth-order valence-corrected chi connectivity index (χ4v) is 0.453. The quantitative estimate of drug-likeness (QED) is 0.277. The van der Waals surface area contributed by atoms with Crippen molar-refractivity contribution in [3.05, 3.63) is 30.3 Å². The van der Waals surface area contributed by atoms with Crippen LogP contribution in [0.2, 0.25) is 0 Å². The smallest absolute Gasteiger partial charge is 0.784 e. The van der Waals surface area contributed by atoms with Crippen molar-refractivity contribution in [3.63, 3.8) is 0 Å². The Morgan fingerprint density at radius 2 is 1.50 bits per heavy atom. The SMILES string of the molecule is Nc1ccccc1.O=S([O-])[O-].[Na+]. The van der Waals surface area contributed by atoms with E-state index in [0.29, 0.717) is 0 Å². The molecule has 0 unspecified atom stereocenters. The van der Waals surface area contributed by atoms with Crippen LogP contribution in [-0.2, 0) is 11.4 Å². The van der Waals surface area contributed by atoms with Crippen molar-refractivity contribution in [3.8, 4) is 0 Å². The van der Waals surface area contributed by atoms with Crippen LogP contribution >= 0.6 is 0 Å². The van der Waals surface area contributed by atoms with Crippen molar-refractivity contribution < 1.29 is 42.9 Å². The molecule has 1 rings (SSSR count). The number of rotatable bonds is 0. The molecule has 4 nitrogen and oxygen atoms in total. The van der Waals surface area contributed by atoms with E-state index in [2.05, 4.69) is 0 Å². The molecule has 0 saturated carbocycles. The third-order valence-corrected chi connectivity index (χ3v) is 0.800. The average Bonchev–Trinajstić information content (AvgIpc) is 1.87. The Bertz CT molecular complexity index is 215. The molecule has 6 heteroatoms. The molecule has 0 heterocycles. The average molecular weight is 196 g/mol. The summed E-state index contributed by atoms with van der Waals surface area (Å²) in [4.78, 5) is 0. The van der Waals surface area contributed by atoms with E-state index in [1.807, 2.05) is 30.3 Å². The van der Waals surface area contributed by atoms with Crippen molar-refractivity contribution in [2.45, 2.75) is 0 Å². The van der Waals surface area contributed by atoms with Gasteiger partial charge in [-0.1, -0.05) is 18.2 Å². The van der Waals surface area contributed by atoms with E-state index >= 15 is 0 Å². The molecule has 62 valence electrons. The van der Waals surface area contributed by atoms with Crippen molar-refractivity contribution in [2.24, 2.45) is 0 Å². The number of benzene rings is 1. The van der Waals surface area contributed by atoms with Crippen LogP contribution in [0.3, 0.4) is 0 Å². The number of nitrogen functional groups attached to an aromatic ring is 1. The van der Waals surface area contributed by atoms with Crippen molar-refractivity contribution >= 4 is 17.0 Å². The van der Waals surface area contributed by atoms with Crippen LogP contribution in [0.25, 0.3) is 0 Å². The third kappa shape index (κ3) is 12.7. The van der Waals surface area contributed by atoms with Gasteiger partial charge in [0.05, 0.1) is 0 Å². The molecule has 0 aliphatic carbocycles. The summed E-state index contributed by atoms with van der Waals surface area (Å²) in [6.07, 6.45) is 0. The zero-order valence-electron chi connectivity index (χ0n) is 6.60. The fourth-order valence-electron chi connectivity index (χ4n) is 0.453. The maximum Gasteiger partial charge on any atom is 1.00 e. The van der Waals surface area contributed by atoms with Gasteiger partial charge >= 0.3 is 29.6 Å². The molecule has 0 saturated heterocycles. The van der Waals surface area contributed by atoms with E-state index in [9.17, 15) is 0 Å². The summed E-state index contributed by atoms with van der Waals surface area (Å²) in [5.41, 5.74) is 6.18. The van der Waals surface area contributed by atoms with Crippen LogP contribution in [0.15, 0.2) is 30.3 Å². The van der Waals surface area contributed by atoms with E-state index in [4.69, 9.17) is 19.0 Å². The first-order chi connectivity index (χ1) is 5.13. The molecule has 2 N–H and O–H groups in total. The number of para-hydroxylation sites is 1. The van der Waals surface area contributed by atoms with Gasteiger partial charge < -0.3 is 14.8 Å². The first kappa shape index (κ1) is 14.6. The molecule has 0 spiro atoms. The Morgan fingerprint density at radius 3 is 1.67 bits per heavy atom. The molecule has 0 atom stereocenters. The van der Waals surface area contributed by atoms with Gasteiger partial charge in [-0.05, 0) is 12.1 Å². The van der Waals surface area contributed by atoms with Crippen LogP contribution in [0.4, 0.5) is 5.69 Å². The van der Waals surface area contributed by atoms with E-state index in [-0.39, 0.29) is 29.6 Å². The Morgan fingerprint density at radius 1 is 1.17 bits per heavy atom. The van der Waals surface area contributed by atoms with Crippen LogP contribution in [0.5, 0.6) is 0 Å². The van der Waals surface area contributed by atoms with E-state index in [0.717, 1.165) is 5.69 Å². The predicted octanol–water partition coefficient (Wildman–Crippen LogP) is -2.73. The van der Waals surface area contributed by atoms with Gasteiger partial charge in [0.2, 0.25) is 0 Å². The predicted molar refractivity (Wildman–Crippen MR) is 40.6 cm³/mol. The Balaban J connectivity index is 0. The van der Waals surface area contributed by atoms with E-state index in [1.165, 1.54) is 0 Å². The third-order valence-electron chi connectivity index (χ3n) is 0.800. The summed E-state index contributed by atoms with van der Waals surface area (Å²) in [6.45, 7) is 0. The topological polar surface area (TPSA) is 89.2 Å². The maximum absolute atomic E-state index is 8.44. The monoisotopic (exact) mass is 196 g/mol.